The third kappa shape index (κ3) is 3.48. The van der Waals surface area contributed by atoms with Gasteiger partial charge in [0.1, 0.15) is 24.1 Å². The van der Waals surface area contributed by atoms with E-state index in [1.54, 1.807) is 30.7 Å². The van der Waals surface area contributed by atoms with Crippen LogP contribution < -0.4 is 9.80 Å². The minimum Gasteiger partial charge on any atom is -0.441 e. The first-order valence-corrected chi connectivity index (χ1v) is 8.92. The predicted octanol–water partition coefficient (Wildman–Crippen LogP) is 1.90. The SMILES string of the molecule is CN1CCN(c2ccc(-c3ccc(N4CC(CO)OC4=O)cc3F)cn2)C=N1. The van der Waals surface area contributed by atoms with Crippen molar-refractivity contribution in [2.75, 3.05) is 43.1 Å². The number of carbonyl (C=O) groups is 1. The summed E-state index contributed by atoms with van der Waals surface area (Å²) in [4.78, 5) is 19.5. The van der Waals surface area contributed by atoms with E-state index in [9.17, 15) is 9.18 Å². The number of aliphatic hydroxyl groups excluding tert-OH is 1. The van der Waals surface area contributed by atoms with Crippen molar-refractivity contribution >= 4 is 23.9 Å². The van der Waals surface area contributed by atoms with Gasteiger partial charge in [0.2, 0.25) is 0 Å². The summed E-state index contributed by atoms with van der Waals surface area (Å²) in [6, 6.07) is 8.18. The Bertz CT molecular complexity index is 905. The number of pyridine rings is 1. The fraction of sp³-hybridized carbons (Fsp3) is 0.316. The molecule has 4 rings (SSSR count). The highest BCUT2D eigenvalue weighted by Crippen LogP contribution is 2.29. The summed E-state index contributed by atoms with van der Waals surface area (Å²) in [7, 11) is 1.91. The molecule has 146 valence electrons. The summed E-state index contributed by atoms with van der Waals surface area (Å²) in [5.74, 6) is 0.279. The number of hydrazone groups is 1. The first kappa shape index (κ1) is 18.2. The number of aliphatic hydroxyl groups is 1. The highest BCUT2D eigenvalue weighted by molar-refractivity contribution is 5.90. The number of anilines is 2. The van der Waals surface area contributed by atoms with Gasteiger partial charge in [-0.3, -0.25) is 9.91 Å². The van der Waals surface area contributed by atoms with Crippen LogP contribution in [0.2, 0.25) is 0 Å². The van der Waals surface area contributed by atoms with Crippen molar-refractivity contribution in [1.82, 2.24) is 9.99 Å². The van der Waals surface area contributed by atoms with E-state index in [0.717, 1.165) is 18.9 Å². The second kappa shape index (κ2) is 7.43. The first-order valence-electron chi connectivity index (χ1n) is 8.92. The number of halogens is 1. The molecule has 1 N–H and O–H groups in total. The third-order valence-electron chi connectivity index (χ3n) is 4.75. The van der Waals surface area contributed by atoms with Crippen molar-refractivity contribution in [2.24, 2.45) is 5.10 Å². The molecule has 2 aliphatic heterocycles. The van der Waals surface area contributed by atoms with E-state index in [4.69, 9.17) is 9.84 Å². The normalized spacial score (nSPS) is 19.3. The fourth-order valence-corrected chi connectivity index (χ4v) is 3.14. The molecule has 1 unspecified atom stereocenters. The van der Waals surface area contributed by atoms with Crippen LogP contribution in [-0.2, 0) is 4.74 Å². The maximum Gasteiger partial charge on any atom is 0.414 e. The number of amides is 1. The highest BCUT2D eigenvalue weighted by Gasteiger charge is 2.32. The average Bonchev–Trinajstić information content (AvgIpc) is 3.09. The Kier molecular flexibility index (Phi) is 4.82. The molecule has 8 nitrogen and oxygen atoms in total. The van der Waals surface area contributed by atoms with E-state index >= 15 is 0 Å². The lowest BCUT2D eigenvalue weighted by molar-refractivity contribution is 0.0963. The minimum absolute atomic E-state index is 0.191. The van der Waals surface area contributed by atoms with Crippen LogP contribution >= 0.6 is 0 Å². The summed E-state index contributed by atoms with van der Waals surface area (Å²) >= 11 is 0. The van der Waals surface area contributed by atoms with Gasteiger partial charge >= 0.3 is 6.09 Å². The van der Waals surface area contributed by atoms with E-state index in [1.165, 1.54) is 11.0 Å². The lowest BCUT2D eigenvalue weighted by atomic mass is 10.1. The maximum atomic E-state index is 14.7. The average molecular weight is 385 g/mol. The summed E-state index contributed by atoms with van der Waals surface area (Å²) in [6.07, 6.45) is 2.15. The molecule has 2 aromatic rings. The zero-order valence-corrected chi connectivity index (χ0v) is 15.3. The van der Waals surface area contributed by atoms with Crippen LogP contribution in [0.1, 0.15) is 0 Å². The van der Waals surface area contributed by atoms with E-state index in [1.807, 2.05) is 23.0 Å². The molecule has 1 aromatic heterocycles. The smallest absolute Gasteiger partial charge is 0.414 e. The van der Waals surface area contributed by atoms with E-state index in [-0.39, 0.29) is 13.2 Å². The Hall–Kier alpha value is -3.20. The van der Waals surface area contributed by atoms with Crippen LogP contribution in [0.4, 0.5) is 20.7 Å². The van der Waals surface area contributed by atoms with Gasteiger partial charge in [-0.1, -0.05) is 0 Å². The molecule has 3 heterocycles. The van der Waals surface area contributed by atoms with Crippen LogP contribution in [0.3, 0.4) is 0 Å². The van der Waals surface area contributed by atoms with Crippen molar-refractivity contribution in [2.45, 2.75) is 6.10 Å². The standard InChI is InChI=1S/C19H20FN5O3/c1-23-6-7-24(12-22-23)18-5-2-13(9-21-18)16-4-3-14(8-17(16)20)25-10-15(11-26)28-19(25)27/h2-5,8-9,12,15,26H,6-7,10-11H2,1H3. The Labute approximate surface area is 161 Å². The molecule has 0 bridgehead atoms. The molecule has 0 spiro atoms. The number of hydrogen-bond donors (Lipinski definition) is 1. The monoisotopic (exact) mass is 385 g/mol. The Morgan fingerprint density at radius 3 is 2.75 bits per heavy atom. The van der Waals surface area contributed by atoms with Crippen molar-refractivity contribution in [3.8, 4) is 11.1 Å². The summed E-state index contributed by atoms with van der Waals surface area (Å²) in [5.41, 5.74) is 1.41. The summed E-state index contributed by atoms with van der Waals surface area (Å²) in [5, 5.41) is 15.2. The van der Waals surface area contributed by atoms with Crippen LogP contribution in [0, 0.1) is 5.82 Å². The lowest BCUT2D eigenvalue weighted by Gasteiger charge is -2.26. The van der Waals surface area contributed by atoms with Crippen molar-refractivity contribution in [3.05, 3.63) is 42.3 Å². The van der Waals surface area contributed by atoms with Crippen molar-refractivity contribution < 1.29 is 19.0 Å². The molecule has 0 aliphatic carbocycles. The number of ether oxygens (including phenoxy) is 1. The molecule has 1 fully saturated rings. The van der Waals surface area contributed by atoms with Crippen LogP contribution in [-0.4, -0.2) is 66.9 Å². The Morgan fingerprint density at radius 1 is 1.29 bits per heavy atom. The first-order chi connectivity index (χ1) is 13.5. The molecular formula is C19H20FN5O3. The highest BCUT2D eigenvalue weighted by atomic mass is 19.1. The Morgan fingerprint density at radius 2 is 2.14 bits per heavy atom. The molecular weight excluding hydrogens is 365 g/mol. The molecule has 1 amide bonds. The molecule has 28 heavy (non-hydrogen) atoms. The number of cyclic esters (lactones) is 1. The van der Waals surface area contributed by atoms with E-state index in [2.05, 4.69) is 10.1 Å². The van der Waals surface area contributed by atoms with Gasteiger partial charge in [0.15, 0.2) is 0 Å². The third-order valence-corrected chi connectivity index (χ3v) is 4.75. The molecule has 9 heteroatoms. The molecule has 0 saturated carbocycles. The second-order valence-corrected chi connectivity index (χ2v) is 6.67. The minimum atomic E-state index is -0.593. The number of likely N-dealkylation sites (N-methyl/N-ethyl adjacent to an activating group) is 1. The van der Waals surface area contributed by atoms with Gasteiger partial charge in [0.05, 0.1) is 25.4 Å². The number of nitrogens with zero attached hydrogens (tertiary/aromatic N) is 5. The Balaban J connectivity index is 1.53. The summed E-state index contributed by atoms with van der Waals surface area (Å²) < 4.78 is 19.7. The zero-order valence-electron chi connectivity index (χ0n) is 15.3. The number of hydrogen-bond acceptors (Lipinski definition) is 7. The second-order valence-electron chi connectivity index (χ2n) is 6.67. The van der Waals surface area contributed by atoms with E-state index < -0.39 is 18.0 Å². The molecule has 2 aliphatic rings. The largest absolute Gasteiger partial charge is 0.441 e. The van der Waals surface area contributed by atoms with Gasteiger partial charge in [-0.2, -0.15) is 5.10 Å². The lowest BCUT2D eigenvalue weighted by Crippen LogP contribution is -2.36. The molecule has 0 radical (unpaired) electrons. The van der Waals surface area contributed by atoms with Crippen LogP contribution in [0.5, 0.6) is 0 Å². The van der Waals surface area contributed by atoms with Crippen LogP contribution in [0.25, 0.3) is 11.1 Å². The van der Waals surface area contributed by atoms with Gasteiger partial charge in [-0.05, 0) is 30.3 Å². The molecule has 1 aromatic carbocycles. The van der Waals surface area contributed by atoms with Gasteiger partial charge in [0, 0.05) is 30.9 Å². The van der Waals surface area contributed by atoms with Crippen molar-refractivity contribution in [3.63, 3.8) is 0 Å². The fourth-order valence-electron chi connectivity index (χ4n) is 3.14. The van der Waals surface area contributed by atoms with Gasteiger partial charge < -0.3 is 14.7 Å². The number of rotatable bonds is 4. The van der Waals surface area contributed by atoms with Crippen molar-refractivity contribution in [1.29, 1.82) is 0 Å². The van der Waals surface area contributed by atoms with Gasteiger partial charge in [0.25, 0.3) is 0 Å². The molecule has 1 atom stereocenters. The quantitative estimate of drug-likeness (QED) is 0.866. The van der Waals surface area contributed by atoms with Gasteiger partial charge in [-0.25, -0.2) is 14.2 Å². The summed E-state index contributed by atoms with van der Waals surface area (Å²) in [6.45, 7) is 1.50. The van der Waals surface area contributed by atoms with E-state index in [0.29, 0.717) is 16.8 Å². The molecule has 1 saturated heterocycles. The number of aromatic nitrogens is 1. The van der Waals surface area contributed by atoms with Gasteiger partial charge in [-0.15, -0.1) is 0 Å². The zero-order chi connectivity index (χ0) is 19.7. The topological polar surface area (TPSA) is 81.5 Å². The van der Waals surface area contributed by atoms with Crippen LogP contribution in [0.15, 0.2) is 41.6 Å². The maximum absolute atomic E-state index is 14.7. The predicted molar refractivity (Wildman–Crippen MR) is 103 cm³/mol. The number of benzene rings is 1. The number of carbonyl (C=O) groups excluding carboxylic acids is 1.